The summed E-state index contributed by atoms with van der Waals surface area (Å²) in [4.78, 5) is 4.28. The number of methoxy groups -OCH3 is 1. The van der Waals surface area contributed by atoms with Crippen LogP contribution in [0.1, 0.15) is 17.5 Å². The third-order valence-corrected chi connectivity index (χ3v) is 4.82. The lowest BCUT2D eigenvalue weighted by Gasteiger charge is -2.15. The van der Waals surface area contributed by atoms with Gasteiger partial charge in [-0.1, -0.05) is 29.8 Å². The Balaban J connectivity index is 1.53. The van der Waals surface area contributed by atoms with Gasteiger partial charge in [0.15, 0.2) is 17.5 Å². The molecule has 1 heterocycles. The van der Waals surface area contributed by atoms with Crippen LogP contribution < -0.4 is 24.8 Å². The first-order valence-electron chi connectivity index (χ1n) is 9.35. The van der Waals surface area contributed by atoms with E-state index < -0.39 is 0 Å². The first kappa shape index (κ1) is 20.1. The Morgan fingerprint density at radius 2 is 2.00 bits per heavy atom. The largest absolute Gasteiger partial charge is 0.497 e. The summed E-state index contributed by atoms with van der Waals surface area (Å²) in [5, 5.41) is 7.34. The van der Waals surface area contributed by atoms with Crippen LogP contribution in [0.2, 0.25) is 5.02 Å². The minimum Gasteiger partial charge on any atom is -0.497 e. The van der Waals surface area contributed by atoms with Gasteiger partial charge in [-0.3, -0.25) is 4.99 Å². The summed E-state index contributed by atoms with van der Waals surface area (Å²) in [7, 11) is 3.38. The quantitative estimate of drug-likeness (QED) is 0.571. The van der Waals surface area contributed by atoms with Gasteiger partial charge in [-0.2, -0.15) is 0 Å². The molecule has 0 atom stereocenters. The predicted octanol–water partition coefficient (Wildman–Crippen LogP) is 3.42. The molecule has 1 aliphatic rings. The highest BCUT2D eigenvalue weighted by atomic mass is 35.5. The molecule has 3 rings (SSSR count). The maximum atomic E-state index is 6.30. The second-order valence-corrected chi connectivity index (χ2v) is 6.76. The fourth-order valence-corrected chi connectivity index (χ4v) is 3.23. The zero-order valence-corrected chi connectivity index (χ0v) is 17.0. The lowest BCUT2D eigenvalue weighted by atomic mass is 10.1. The Morgan fingerprint density at radius 1 is 1.14 bits per heavy atom. The van der Waals surface area contributed by atoms with E-state index in [2.05, 4.69) is 15.6 Å². The van der Waals surface area contributed by atoms with Gasteiger partial charge in [0.05, 0.1) is 20.3 Å². The van der Waals surface area contributed by atoms with E-state index in [-0.39, 0.29) is 0 Å². The SMILES string of the molecule is CN=C(NCCc1ccc(OC)cc1Cl)NCc1cccc2c1OCCCO2. The van der Waals surface area contributed by atoms with Crippen molar-refractivity contribution < 1.29 is 14.2 Å². The number of aliphatic imine (C=N–C) groups is 1. The average Bonchev–Trinajstić information content (AvgIpc) is 2.97. The third-order valence-electron chi connectivity index (χ3n) is 4.47. The van der Waals surface area contributed by atoms with Gasteiger partial charge in [0.1, 0.15) is 5.75 Å². The van der Waals surface area contributed by atoms with Crippen LogP contribution in [0.3, 0.4) is 0 Å². The normalized spacial score (nSPS) is 13.6. The van der Waals surface area contributed by atoms with E-state index in [1.807, 2.05) is 36.4 Å². The Kier molecular flexibility index (Phi) is 7.25. The van der Waals surface area contributed by atoms with Crippen LogP contribution in [0.4, 0.5) is 0 Å². The van der Waals surface area contributed by atoms with Crippen molar-refractivity contribution in [2.75, 3.05) is 33.9 Å². The van der Waals surface area contributed by atoms with Crippen molar-refractivity contribution in [3.05, 3.63) is 52.5 Å². The minimum atomic E-state index is 0.593. The van der Waals surface area contributed by atoms with Gasteiger partial charge < -0.3 is 24.8 Å². The number of ether oxygens (including phenoxy) is 3. The number of nitrogens with one attached hydrogen (secondary N) is 2. The standard InChI is InChI=1S/C21H26ClN3O3/c1-23-21(24-10-9-15-7-8-17(26-2)13-18(15)22)25-14-16-5-3-6-19-20(16)28-12-4-11-27-19/h3,5-8,13H,4,9-12,14H2,1-2H3,(H2,23,24,25). The van der Waals surface area contributed by atoms with Crippen LogP contribution in [0, 0.1) is 0 Å². The molecule has 0 bridgehead atoms. The Morgan fingerprint density at radius 3 is 2.79 bits per heavy atom. The molecule has 0 unspecified atom stereocenters. The average molecular weight is 404 g/mol. The minimum absolute atomic E-state index is 0.593. The molecule has 0 aromatic heterocycles. The van der Waals surface area contributed by atoms with Crippen molar-refractivity contribution >= 4 is 17.6 Å². The lowest BCUT2D eigenvalue weighted by Crippen LogP contribution is -2.38. The summed E-state index contributed by atoms with van der Waals surface area (Å²) >= 11 is 6.30. The number of fused-ring (bicyclic) bond motifs is 1. The van der Waals surface area contributed by atoms with Gasteiger partial charge in [-0.15, -0.1) is 0 Å². The highest BCUT2D eigenvalue weighted by Crippen LogP contribution is 2.33. The van der Waals surface area contributed by atoms with Crippen molar-refractivity contribution in [2.45, 2.75) is 19.4 Å². The highest BCUT2D eigenvalue weighted by molar-refractivity contribution is 6.31. The number of nitrogens with zero attached hydrogens (tertiary/aromatic N) is 1. The van der Waals surface area contributed by atoms with Gasteiger partial charge in [0, 0.05) is 37.1 Å². The van der Waals surface area contributed by atoms with E-state index in [0.717, 1.165) is 47.2 Å². The van der Waals surface area contributed by atoms with Gasteiger partial charge in [-0.25, -0.2) is 0 Å². The van der Waals surface area contributed by atoms with Gasteiger partial charge in [-0.05, 0) is 30.2 Å². The van der Waals surface area contributed by atoms with Crippen molar-refractivity contribution in [3.8, 4) is 17.2 Å². The molecule has 0 spiro atoms. The number of benzene rings is 2. The zero-order valence-electron chi connectivity index (χ0n) is 16.3. The van der Waals surface area contributed by atoms with E-state index in [9.17, 15) is 0 Å². The Bertz CT molecular complexity index is 827. The highest BCUT2D eigenvalue weighted by Gasteiger charge is 2.14. The molecule has 0 saturated carbocycles. The fourth-order valence-electron chi connectivity index (χ4n) is 2.97. The molecule has 28 heavy (non-hydrogen) atoms. The molecule has 0 saturated heterocycles. The second-order valence-electron chi connectivity index (χ2n) is 6.35. The first-order chi connectivity index (χ1) is 13.7. The number of halogens is 1. The van der Waals surface area contributed by atoms with Crippen molar-refractivity contribution in [1.29, 1.82) is 0 Å². The van der Waals surface area contributed by atoms with Gasteiger partial charge in [0.25, 0.3) is 0 Å². The molecule has 0 aliphatic carbocycles. The summed E-state index contributed by atoms with van der Waals surface area (Å²) < 4.78 is 16.8. The molecule has 2 aromatic rings. The second kappa shape index (κ2) is 10.1. The number of guanidine groups is 1. The molecule has 2 N–H and O–H groups in total. The van der Waals surface area contributed by atoms with Crippen LogP contribution in [0.25, 0.3) is 0 Å². The molecular formula is C21H26ClN3O3. The molecular weight excluding hydrogens is 378 g/mol. The number of hydrogen-bond acceptors (Lipinski definition) is 4. The van der Waals surface area contributed by atoms with E-state index in [0.29, 0.717) is 31.3 Å². The molecule has 6 nitrogen and oxygen atoms in total. The zero-order chi connectivity index (χ0) is 19.8. The van der Waals surface area contributed by atoms with Crippen LogP contribution >= 0.6 is 11.6 Å². The van der Waals surface area contributed by atoms with Crippen molar-refractivity contribution in [1.82, 2.24) is 10.6 Å². The monoisotopic (exact) mass is 403 g/mol. The molecule has 0 fully saturated rings. The summed E-state index contributed by atoms with van der Waals surface area (Å²) in [5.41, 5.74) is 2.10. The number of hydrogen-bond donors (Lipinski definition) is 2. The lowest BCUT2D eigenvalue weighted by molar-refractivity contribution is 0.296. The molecule has 2 aromatic carbocycles. The number of para-hydroxylation sites is 1. The number of rotatable bonds is 6. The summed E-state index contributed by atoms with van der Waals surface area (Å²) in [6, 6.07) is 11.7. The summed E-state index contributed by atoms with van der Waals surface area (Å²) in [6.07, 6.45) is 1.67. The first-order valence-corrected chi connectivity index (χ1v) is 9.73. The van der Waals surface area contributed by atoms with Crippen molar-refractivity contribution in [2.24, 2.45) is 4.99 Å². The maximum Gasteiger partial charge on any atom is 0.191 e. The third kappa shape index (κ3) is 5.23. The van der Waals surface area contributed by atoms with E-state index in [1.165, 1.54) is 0 Å². The van der Waals surface area contributed by atoms with E-state index in [4.69, 9.17) is 25.8 Å². The van der Waals surface area contributed by atoms with Crippen LogP contribution in [0.5, 0.6) is 17.2 Å². The summed E-state index contributed by atoms with van der Waals surface area (Å²) in [6.45, 7) is 2.65. The maximum absolute atomic E-state index is 6.30. The summed E-state index contributed by atoms with van der Waals surface area (Å²) in [5.74, 6) is 3.09. The molecule has 1 aliphatic heterocycles. The van der Waals surface area contributed by atoms with Gasteiger partial charge >= 0.3 is 0 Å². The topological polar surface area (TPSA) is 64.1 Å². The van der Waals surface area contributed by atoms with E-state index in [1.54, 1.807) is 14.2 Å². The Hall–Kier alpha value is -2.60. The van der Waals surface area contributed by atoms with Crippen LogP contribution in [-0.2, 0) is 13.0 Å². The van der Waals surface area contributed by atoms with E-state index >= 15 is 0 Å². The molecule has 0 radical (unpaired) electrons. The van der Waals surface area contributed by atoms with Crippen molar-refractivity contribution in [3.63, 3.8) is 0 Å². The Labute approximate surface area is 170 Å². The molecule has 0 amide bonds. The fraction of sp³-hybridized carbons (Fsp3) is 0.381. The smallest absolute Gasteiger partial charge is 0.191 e. The van der Waals surface area contributed by atoms with Crippen LogP contribution in [0.15, 0.2) is 41.4 Å². The predicted molar refractivity (Wildman–Crippen MR) is 112 cm³/mol. The molecule has 7 heteroatoms. The molecule has 150 valence electrons. The van der Waals surface area contributed by atoms with Gasteiger partial charge in [0.2, 0.25) is 0 Å². The van der Waals surface area contributed by atoms with Crippen LogP contribution in [-0.4, -0.2) is 39.9 Å².